The van der Waals surface area contributed by atoms with Crippen LogP contribution < -0.4 is 0 Å². The van der Waals surface area contributed by atoms with Gasteiger partial charge in [-0.15, -0.1) is 0 Å². The fraction of sp³-hybridized carbons (Fsp3) is 0.250. The quantitative estimate of drug-likeness (QED) is 0.919. The molecule has 2 aromatic rings. The average Bonchev–Trinajstić information content (AvgIpc) is 2.40. The summed E-state index contributed by atoms with van der Waals surface area (Å²) in [7, 11) is -3.71. The van der Waals surface area contributed by atoms with E-state index in [4.69, 9.17) is 0 Å². The van der Waals surface area contributed by atoms with Crippen LogP contribution in [0.2, 0.25) is 0 Å². The van der Waals surface area contributed by atoms with Crippen LogP contribution in [0.3, 0.4) is 0 Å². The Morgan fingerprint density at radius 3 is 2.14 bits per heavy atom. The van der Waals surface area contributed by atoms with E-state index in [1.807, 2.05) is 6.92 Å². The molecule has 0 bridgehead atoms. The summed E-state index contributed by atoms with van der Waals surface area (Å²) in [6.07, 6.45) is -1.74. The lowest BCUT2D eigenvalue weighted by atomic mass is 10.1. The van der Waals surface area contributed by atoms with Gasteiger partial charge < -0.3 is 5.11 Å². The highest BCUT2D eigenvalue weighted by atomic mass is 32.2. The predicted molar refractivity (Wildman–Crippen MR) is 80.0 cm³/mol. The first kappa shape index (κ1) is 16.6. The first-order valence-electron chi connectivity index (χ1n) is 6.66. The summed E-state index contributed by atoms with van der Waals surface area (Å²) < 4.78 is 51.3. The van der Waals surface area contributed by atoms with Crippen molar-refractivity contribution in [2.75, 3.05) is 5.75 Å². The molecular formula is C16H16F2O3S. The maximum atomic E-state index is 13.6. The Morgan fingerprint density at radius 1 is 1.05 bits per heavy atom. The minimum absolute atomic E-state index is 0.291. The molecule has 0 saturated carbocycles. The smallest absolute Gasteiger partial charge is 0.157 e. The minimum atomic E-state index is -3.71. The van der Waals surface area contributed by atoms with Gasteiger partial charge in [-0.3, -0.25) is 0 Å². The molecule has 0 aliphatic carbocycles. The summed E-state index contributed by atoms with van der Waals surface area (Å²) in [6, 6.07) is 10.0. The van der Waals surface area contributed by atoms with Crippen LogP contribution in [0.15, 0.2) is 42.5 Å². The van der Waals surface area contributed by atoms with Crippen LogP contribution in [-0.4, -0.2) is 19.3 Å². The Labute approximate surface area is 128 Å². The first-order chi connectivity index (χ1) is 10.3. The van der Waals surface area contributed by atoms with Gasteiger partial charge in [0, 0.05) is 0 Å². The van der Waals surface area contributed by atoms with Gasteiger partial charge in [0.1, 0.15) is 11.6 Å². The Kier molecular flexibility index (Phi) is 4.93. The maximum absolute atomic E-state index is 13.6. The van der Waals surface area contributed by atoms with Crippen molar-refractivity contribution < 1.29 is 22.3 Å². The van der Waals surface area contributed by atoms with Crippen LogP contribution in [-0.2, 0) is 15.6 Å². The Hall–Kier alpha value is -1.79. The van der Waals surface area contributed by atoms with Crippen molar-refractivity contribution in [2.24, 2.45) is 0 Å². The van der Waals surface area contributed by atoms with Gasteiger partial charge in [-0.05, 0) is 24.6 Å². The van der Waals surface area contributed by atoms with Crippen LogP contribution >= 0.6 is 0 Å². The number of aryl methyl sites for hydroxylation is 1. The molecule has 6 heteroatoms. The Balaban J connectivity index is 2.16. The molecule has 1 unspecified atom stereocenters. The van der Waals surface area contributed by atoms with Gasteiger partial charge in [-0.25, -0.2) is 17.2 Å². The van der Waals surface area contributed by atoms with E-state index in [2.05, 4.69) is 0 Å². The second kappa shape index (κ2) is 6.54. The van der Waals surface area contributed by atoms with Gasteiger partial charge in [-0.1, -0.05) is 35.9 Å². The summed E-state index contributed by atoms with van der Waals surface area (Å²) in [5.41, 5.74) is 0.941. The molecule has 2 rings (SSSR count). The molecule has 0 saturated heterocycles. The molecule has 1 atom stereocenters. The predicted octanol–water partition coefficient (Wildman–Crippen LogP) is 2.92. The third-order valence-electron chi connectivity index (χ3n) is 3.25. The van der Waals surface area contributed by atoms with Crippen molar-refractivity contribution in [1.29, 1.82) is 0 Å². The molecule has 22 heavy (non-hydrogen) atoms. The normalized spacial score (nSPS) is 13.1. The van der Waals surface area contributed by atoms with Gasteiger partial charge >= 0.3 is 0 Å². The van der Waals surface area contributed by atoms with E-state index in [-0.39, 0.29) is 5.75 Å². The van der Waals surface area contributed by atoms with Crippen LogP contribution in [0, 0.1) is 18.6 Å². The van der Waals surface area contributed by atoms with Crippen molar-refractivity contribution in [2.45, 2.75) is 18.8 Å². The fourth-order valence-corrected chi connectivity index (χ4v) is 3.62. The van der Waals surface area contributed by atoms with Crippen molar-refractivity contribution >= 4 is 9.84 Å². The van der Waals surface area contributed by atoms with Gasteiger partial charge in [0.15, 0.2) is 9.84 Å². The van der Waals surface area contributed by atoms with Crippen molar-refractivity contribution in [3.63, 3.8) is 0 Å². The van der Waals surface area contributed by atoms with Gasteiger partial charge in [0.2, 0.25) is 0 Å². The number of hydrogen-bond donors (Lipinski definition) is 1. The molecule has 0 fully saturated rings. The van der Waals surface area contributed by atoms with Crippen LogP contribution in [0.5, 0.6) is 0 Å². The zero-order chi connectivity index (χ0) is 16.3. The average molecular weight is 326 g/mol. The topological polar surface area (TPSA) is 54.4 Å². The summed E-state index contributed by atoms with van der Waals surface area (Å²) in [4.78, 5) is 0. The number of hydrogen-bond acceptors (Lipinski definition) is 3. The van der Waals surface area contributed by atoms with Gasteiger partial charge in [0.25, 0.3) is 0 Å². The molecule has 118 valence electrons. The van der Waals surface area contributed by atoms with E-state index in [9.17, 15) is 22.3 Å². The number of aliphatic hydroxyl groups is 1. The van der Waals surface area contributed by atoms with E-state index in [0.717, 1.165) is 23.8 Å². The van der Waals surface area contributed by atoms with E-state index in [0.29, 0.717) is 5.56 Å². The second-order valence-electron chi connectivity index (χ2n) is 5.19. The maximum Gasteiger partial charge on any atom is 0.157 e. The largest absolute Gasteiger partial charge is 0.387 e. The zero-order valence-electron chi connectivity index (χ0n) is 12.0. The third kappa shape index (κ3) is 4.11. The monoisotopic (exact) mass is 326 g/mol. The molecule has 3 nitrogen and oxygen atoms in total. The lowest BCUT2D eigenvalue weighted by Gasteiger charge is -2.13. The highest BCUT2D eigenvalue weighted by Gasteiger charge is 2.24. The summed E-state index contributed by atoms with van der Waals surface area (Å²) in [5.74, 6) is -2.95. The molecule has 0 aliphatic rings. The van der Waals surface area contributed by atoms with Crippen LogP contribution in [0.1, 0.15) is 22.8 Å². The number of rotatable bonds is 5. The Morgan fingerprint density at radius 2 is 1.59 bits per heavy atom. The van der Waals surface area contributed by atoms with Crippen molar-refractivity contribution in [3.8, 4) is 0 Å². The molecule has 0 aromatic heterocycles. The highest BCUT2D eigenvalue weighted by molar-refractivity contribution is 7.90. The Bertz CT molecular complexity index is 735. The highest BCUT2D eigenvalue weighted by Crippen LogP contribution is 2.23. The molecule has 0 heterocycles. The van der Waals surface area contributed by atoms with Crippen LogP contribution in [0.25, 0.3) is 0 Å². The third-order valence-corrected chi connectivity index (χ3v) is 4.85. The SMILES string of the molecule is Cc1ccc(CS(=O)(=O)CC(O)c2c(F)cccc2F)cc1. The van der Waals surface area contributed by atoms with Crippen LogP contribution in [0.4, 0.5) is 8.78 Å². The summed E-state index contributed by atoms with van der Waals surface area (Å²) in [6.45, 7) is 1.88. The summed E-state index contributed by atoms with van der Waals surface area (Å²) in [5, 5.41) is 9.88. The molecule has 1 N–H and O–H groups in total. The lowest BCUT2D eigenvalue weighted by Crippen LogP contribution is -2.18. The number of benzene rings is 2. The van der Waals surface area contributed by atoms with Gasteiger partial charge in [0.05, 0.1) is 23.2 Å². The number of sulfone groups is 1. The van der Waals surface area contributed by atoms with E-state index < -0.39 is 38.9 Å². The van der Waals surface area contributed by atoms with Crippen molar-refractivity contribution in [3.05, 3.63) is 70.8 Å². The standard InChI is InChI=1S/C16H16F2O3S/c1-11-5-7-12(8-6-11)9-22(20,21)10-15(19)16-13(17)3-2-4-14(16)18/h2-8,15,19H,9-10H2,1H3. The van der Waals surface area contributed by atoms with Gasteiger partial charge in [-0.2, -0.15) is 0 Å². The first-order valence-corrected chi connectivity index (χ1v) is 8.48. The number of halogens is 2. The molecule has 0 aliphatic heterocycles. The molecule has 0 amide bonds. The van der Waals surface area contributed by atoms with E-state index >= 15 is 0 Å². The minimum Gasteiger partial charge on any atom is -0.387 e. The number of aliphatic hydroxyl groups excluding tert-OH is 1. The van der Waals surface area contributed by atoms with E-state index in [1.165, 1.54) is 0 Å². The van der Waals surface area contributed by atoms with Crippen molar-refractivity contribution in [1.82, 2.24) is 0 Å². The fourth-order valence-electron chi connectivity index (χ4n) is 2.15. The molecule has 2 aromatic carbocycles. The zero-order valence-corrected chi connectivity index (χ0v) is 12.8. The molecular weight excluding hydrogens is 310 g/mol. The molecule has 0 radical (unpaired) electrons. The molecule has 0 spiro atoms. The lowest BCUT2D eigenvalue weighted by molar-refractivity contribution is 0.191. The van der Waals surface area contributed by atoms with E-state index in [1.54, 1.807) is 24.3 Å². The second-order valence-corrected chi connectivity index (χ2v) is 7.30. The summed E-state index contributed by atoms with van der Waals surface area (Å²) >= 11 is 0.